The van der Waals surface area contributed by atoms with Crippen LogP contribution in [0, 0.1) is 0 Å². The molecule has 2 heterocycles. The van der Waals surface area contributed by atoms with Crippen molar-refractivity contribution in [3.05, 3.63) is 84.1 Å². The predicted molar refractivity (Wildman–Crippen MR) is 101 cm³/mol. The summed E-state index contributed by atoms with van der Waals surface area (Å²) in [7, 11) is 0. The van der Waals surface area contributed by atoms with E-state index in [2.05, 4.69) is 90.8 Å². The van der Waals surface area contributed by atoms with Gasteiger partial charge in [0.05, 0.1) is 0 Å². The van der Waals surface area contributed by atoms with Gasteiger partial charge < -0.3 is 4.81 Å². The van der Waals surface area contributed by atoms with Crippen LogP contribution < -0.4 is 5.46 Å². The van der Waals surface area contributed by atoms with E-state index in [1.165, 1.54) is 38.1 Å². The summed E-state index contributed by atoms with van der Waals surface area (Å²) in [5.41, 5.74) is 4.07. The lowest BCUT2D eigenvalue weighted by Crippen LogP contribution is -2.46. The molecule has 0 saturated carbocycles. The lowest BCUT2D eigenvalue weighted by atomic mass is 9.49. The van der Waals surface area contributed by atoms with E-state index >= 15 is 0 Å². The highest BCUT2D eigenvalue weighted by molar-refractivity contribution is 6.80. The molecule has 0 atom stereocenters. The first kappa shape index (κ1) is 12.8. The van der Waals surface area contributed by atoms with Crippen LogP contribution in [0.1, 0.15) is 12.5 Å². The van der Waals surface area contributed by atoms with Gasteiger partial charge in [0, 0.05) is 0 Å². The lowest BCUT2D eigenvalue weighted by Gasteiger charge is -2.32. The molecule has 3 aromatic carbocycles. The molecule has 0 aliphatic carbocycles. The summed E-state index contributed by atoms with van der Waals surface area (Å²) in [5.74, 6) is 2.32. The zero-order valence-electron chi connectivity index (χ0n) is 13.0. The van der Waals surface area contributed by atoms with Gasteiger partial charge in [0.15, 0.2) is 0 Å². The van der Waals surface area contributed by atoms with Gasteiger partial charge in [-0.1, -0.05) is 60.6 Å². The van der Waals surface area contributed by atoms with Crippen molar-refractivity contribution in [3.63, 3.8) is 0 Å². The molecule has 0 N–H and O–H groups in total. The number of allylic oxidation sites excluding steroid dienone is 2. The Morgan fingerprint density at radius 2 is 1.43 bits per heavy atom. The molecule has 0 fully saturated rings. The maximum Gasteiger partial charge on any atom is 0.320 e. The van der Waals surface area contributed by atoms with Crippen molar-refractivity contribution in [2.24, 2.45) is 0 Å². The molecule has 23 heavy (non-hydrogen) atoms. The summed E-state index contributed by atoms with van der Waals surface area (Å²) in [5, 5.41) is 5.39. The second-order valence-corrected chi connectivity index (χ2v) is 6.36. The standard InChI is InChI=1S/C21H16BN/c1-15-10-12-22-21-19-9-5-4-7-17(19)16-6-2-3-8-18(16)20(21)11-13-23(22)14-15/h2-14H,1H3. The SMILES string of the molecule is CC1=CN2C=Cc3c(c4ccccc4c4ccccc34)B2C=C1. The van der Waals surface area contributed by atoms with Gasteiger partial charge in [-0.05, 0) is 63.5 Å². The quantitative estimate of drug-likeness (QED) is 0.436. The van der Waals surface area contributed by atoms with Crippen LogP contribution in [0.15, 0.2) is 78.6 Å². The van der Waals surface area contributed by atoms with Gasteiger partial charge in [0.1, 0.15) is 0 Å². The molecule has 0 unspecified atom stereocenters. The largest absolute Gasteiger partial charge is 0.389 e. The van der Waals surface area contributed by atoms with Crippen LogP contribution in [-0.2, 0) is 0 Å². The van der Waals surface area contributed by atoms with Crippen LogP contribution in [0.3, 0.4) is 0 Å². The fraction of sp³-hybridized carbons (Fsp3) is 0.0476. The highest BCUT2D eigenvalue weighted by atomic mass is 15.0. The number of benzene rings is 3. The molecule has 2 aliphatic heterocycles. The van der Waals surface area contributed by atoms with E-state index in [9.17, 15) is 0 Å². The molecule has 2 heteroatoms. The average molecular weight is 293 g/mol. The molecule has 0 radical (unpaired) electrons. The summed E-state index contributed by atoms with van der Waals surface area (Å²) in [6, 6.07) is 17.5. The number of fused-ring (bicyclic) bond motifs is 8. The van der Waals surface area contributed by atoms with Gasteiger partial charge in [0.2, 0.25) is 0 Å². The number of nitrogens with zero attached hydrogens (tertiary/aromatic N) is 1. The molecule has 0 spiro atoms. The maximum absolute atomic E-state index is 2.32. The molecule has 0 aromatic heterocycles. The first-order valence-electron chi connectivity index (χ1n) is 8.08. The Hall–Kier alpha value is -2.74. The Kier molecular flexibility index (Phi) is 2.57. The highest BCUT2D eigenvalue weighted by Crippen LogP contribution is 2.31. The van der Waals surface area contributed by atoms with Crippen molar-refractivity contribution < 1.29 is 0 Å². The van der Waals surface area contributed by atoms with E-state index in [0.29, 0.717) is 0 Å². The van der Waals surface area contributed by atoms with Gasteiger partial charge in [-0.3, -0.25) is 0 Å². The molecule has 0 bridgehead atoms. The van der Waals surface area contributed by atoms with Gasteiger partial charge in [-0.15, -0.1) is 0 Å². The minimum atomic E-state index is 0.285. The average Bonchev–Trinajstić information content (AvgIpc) is 2.61. The first-order chi connectivity index (χ1) is 11.3. The molecule has 3 aromatic rings. The van der Waals surface area contributed by atoms with E-state index in [4.69, 9.17) is 0 Å². The van der Waals surface area contributed by atoms with Crippen molar-refractivity contribution in [2.45, 2.75) is 6.92 Å². The Morgan fingerprint density at radius 3 is 2.22 bits per heavy atom. The van der Waals surface area contributed by atoms with Crippen LogP contribution in [0.4, 0.5) is 0 Å². The summed E-state index contributed by atoms with van der Waals surface area (Å²) in [6.45, 7) is 2.43. The van der Waals surface area contributed by atoms with Crippen LogP contribution in [0.5, 0.6) is 0 Å². The third kappa shape index (κ3) is 1.75. The minimum absolute atomic E-state index is 0.285. The van der Waals surface area contributed by atoms with E-state index in [1.54, 1.807) is 0 Å². The van der Waals surface area contributed by atoms with Crippen LogP contribution in [-0.4, -0.2) is 11.7 Å². The molecule has 0 amide bonds. The van der Waals surface area contributed by atoms with Crippen molar-refractivity contribution in [2.75, 3.05) is 0 Å². The summed E-state index contributed by atoms with van der Waals surface area (Å²) in [6.07, 6.45) is 8.94. The fourth-order valence-electron chi connectivity index (χ4n) is 3.94. The van der Waals surface area contributed by atoms with Crippen molar-refractivity contribution in [1.82, 2.24) is 4.81 Å². The monoisotopic (exact) mass is 293 g/mol. The van der Waals surface area contributed by atoms with Crippen molar-refractivity contribution in [3.8, 4) is 0 Å². The Balaban J connectivity index is 1.95. The third-order valence-corrected chi connectivity index (χ3v) is 4.94. The van der Waals surface area contributed by atoms with Gasteiger partial charge in [0.25, 0.3) is 0 Å². The molecule has 108 valence electrons. The maximum atomic E-state index is 2.32. The molecular weight excluding hydrogens is 277 g/mol. The Morgan fingerprint density at radius 1 is 0.783 bits per heavy atom. The zero-order valence-corrected chi connectivity index (χ0v) is 13.0. The number of hydrogen-bond donors (Lipinski definition) is 0. The van der Waals surface area contributed by atoms with Gasteiger partial charge in [-0.25, -0.2) is 0 Å². The van der Waals surface area contributed by atoms with Crippen molar-refractivity contribution >= 4 is 39.9 Å². The molecule has 2 aliphatic rings. The van der Waals surface area contributed by atoms with Crippen LogP contribution in [0.2, 0.25) is 0 Å². The third-order valence-electron chi connectivity index (χ3n) is 4.94. The van der Waals surface area contributed by atoms with Crippen molar-refractivity contribution in [1.29, 1.82) is 0 Å². The second kappa shape index (κ2) is 4.63. The summed E-state index contributed by atoms with van der Waals surface area (Å²) < 4.78 is 0. The fourth-order valence-corrected chi connectivity index (χ4v) is 3.94. The number of rotatable bonds is 0. The van der Waals surface area contributed by atoms with E-state index < -0.39 is 0 Å². The normalized spacial score (nSPS) is 15.8. The zero-order chi connectivity index (χ0) is 15.4. The van der Waals surface area contributed by atoms with E-state index in [1.807, 2.05) is 0 Å². The highest BCUT2D eigenvalue weighted by Gasteiger charge is 2.30. The van der Waals surface area contributed by atoms with Crippen LogP contribution >= 0.6 is 0 Å². The van der Waals surface area contributed by atoms with Gasteiger partial charge in [-0.2, -0.15) is 0 Å². The summed E-state index contributed by atoms with van der Waals surface area (Å²) in [4.78, 5) is 2.32. The minimum Gasteiger partial charge on any atom is -0.389 e. The Labute approximate surface area is 136 Å². The van der Waals surface area contributed by atoms with Crippen LogP contribution in [0.25, 0.3) is 27.6 Å². The Bertz CT molecular complexity index is 1040. The smallest absolute Gasteiger partial charge is 0.320 e. The number of hydrogen-bond acceptors (Lipinski definition) is 1. The predicted octanol–water partition coefficient (Wildman–Crippen LogP) is 4.49. The van der Waals surface area contributed by atoms with E-state index in [0.717, 1.165) is 0 Å². The topological polar surface area (TPSA) is 3.24 Å². The lowest BCUT2D eigenvalue weighted by molar-refractivity contribution is 0.788. The molecule has 5 rings (SSSR count). The van der Waals surface area contributed by atoms with E-state index in [-0.39, 0.29) is 6.85 Å². The van der Waals surface area contributed by atoms with Gasteiger partial charge >= 0.3 is 6.85 Å². The second-order valence-electron chi connectivity index (χ2n) is 6.36. The summed E-state index contributed by atoms with van der Waals surface area (Å²) >= 11 is 0. The molecular formula is C21H16BN. The first-order valence-corrected chi connectivity index (χ1v) is 8.08. The molecule has 1 nitrogen and oxygen atoms in total. The molecule has 0 saturated heterocycles.